The van der Waals surface area contributed by atoms with Gasteiger partial charge in [-0.2, -0.15) is 0 Å². The zero-order valence-electron chi connectivity index (χ0n) is 15.3. The van der Waals surface area contributed by atoms with E-state index in [9.17, 15) is 9.59 Å². The minimum atomic E-state index is -0.323. The lowest BCUT2D eigenvalue weighted by Gasteiger charge is -2.23. The Morgan fingerprint density at radius 3 is 2.77 bits per heavy atom. The van der Waals surface area contributed by atoms with Crippen LogP contribution in [0.25, 0.3) is 0 Å². The van der Waals surface area contributed by atoms with E-state index in [-0.39, 0.29) is 24.2 Å². The standard InChI is InChI=1S/C21H25N3O2/c1-3-15(2)18-9-4-5-10-19(18)24-14-16(12-20(24)25)21(26)23-13-17-8-6-7-11-22-17/h4-11,15-16H,3,12-14H2,1-2H3,(H,23,26). The zero-order chi connectivity index (χ0) is 18.5. The summed E-state index contributed by atoms with van der Waals surface area (Å²) in [4.78, 5) is 31.0. The van der Waals surface area contributed by atoms with E-state index in [0.717, 1.165) is 23.4 Å². The molecule has 1 aromatic heterocycles. The number of hydrogen-bond acceptors (Lipinski definition) is 3. The van der Waals surface area contributed by atoms with Crippen molar-refractivity contribution >= 4 is 17.5 Å². The molecule has 136 valence electrons. The van der Waals surface area contributed by atoms with Gasteiger partial charge in [0.05, 0.1) is 18.2 Å². The molecule has 2 heterocycles. The molecule has 5 heteroatoms. The van der Waals surface area contributed by atoms with Crippen LogP contribution < -0.4 is 10.2 Å². The van der Waals surface area contributed by atoms with Crippen LogP contribution in [0.3, 0.4) is 0 Å². The summed E-state index contributed by atoms with van der Waals surface area (Å²) in [5.74, 6) is -0.0292. The molecule has 2 unspecified atom stereocenters. The molecule has 1 fully saturated rings. The van der Waals surface area contributed by atoms with Crippen LogP contribution in [0.4, 0.5) is 5.69 Å². The highest BCUT2D eigenvalue weighted by Crippen LogP contribution is 2.33. The number of pyridine rings is 1. The number of amides is 2. The van der Waals surface area contributed by atoms with Crippen molar-refractivity contribution in [2.45, 2.75) is 39.2 Å². The fourth-order valence-corrected chi connectivity index (χ4v) is 3.31. The molecular formula is C21H25N3O2. The summed E-state index contributed by atoms with van der Waals surface area (Å²) in [6.07, 6.45) is 2.96. The summed E-state index contributed by atoms with van der Waals surface area (Å²) in [6, 6.07) is 13.6. The van der Waals surface area contributed by atoms with Crippen LogP contribution in [0, 0.1) is 5.92 Å². The molecule has 1 saturated heterocycles. The Morgan fingerprint density at radius 1 is 1.27 bits per heavy atom. The van der Waals surface area contributed by atoms with Crippen LogP contribution >= 0.6 is 0 Å². The van der Waals surface area contributed by atoms with E-state index < -0.39 is 0 Å². The van der Waals surface area contributed by atoms with Crippen molar-refractivity contribution < 1.29 is 9.59 Å². The number of para-hydroxylation sites is 1. The Morgan fingerprint density at radius 2 is 2.04 bits per heavy atom. The molecule has 1 aliphatic heterocycles. The van der Waals surface area contributed by atoms with Gasteiger partial charge in [0, 0.05) is 24.8 Å². The van der Waals surface area contributed by atoms with E-state index in [1.54, 1.807) is 11.1 Å². The maximum atomic E-state index is 12.6. The van der Waals surface area contributed by atoms with E-state index in [1.807, 2.05) is 36.4 Å². The average molecular weight is 351 g/mol. The van der Waals surface area contributed by atoms with Gasteiger partial charge in [-0.1, -0.05) is 38.1 Å². The molecule has 2 atom stereocenters. The zero-order valence-corrected chi connectivity index (χ0v) is 15.3. The molecule has 26 heavy (non-hydrogen) atoms. The van der Waals surface area contributed by atoms with Crippen LogP contribution in [-0.4, -0.2) is 23.3 Å². The fraction of sp³-hybridized carbons (Fsp3) is 0.381. The topological polar surface area (TPSA) is 62.3 Å². The van der Waals surface area contributed by atoms with Crippen molar-refractivity contribution in [3.05, 3.63) is 59.9 Å². The van der Waals surface area contributed by atoms with Crippen LogP contribution in [0.5, 0.6) is 0 Å². The smallest absolute Gasteiger partial charge is 0.227 e. The van der Waals surface area contributed by atoms with Crippen LogP contribution in [0.15, 0.2) is 48.7 Å². The van der Waals surface area contributed by atoms with Gasteiger partial charge in [0.25, 0.3) is 0 Å². The van der Waals surface area contributed by atoms with E-state index in [2.05, 4.69) is 30.2 Å². The second-order valence-electron chi connectivity index (χ2n) is 6.81. The first-order valence-electron chi connectivity index (χ1n) is 9.17. The quantitative estimate of drug-likeness (QED) is 0.869. The molecule has 1 aliphatic rings. The van der Waals surface area contributed by atoms with Crippen LogP contribution in [-0.2, 0) is 16.1 Å². The second-order valence-corrected chi connectivity index (χ2v) is 6.81. The maximum Gasteiger partial charge on any atom is 0.227 e. The van der Waals surface area contributed by atoms with Gasteiger partial charge in [-0.05, 0) is 36.1 Å². The number of carbonyl (C=O) groups excluding carboxylic acids is 2. The number of anilines is 1. The van der Waals surface area contributed by atoms with Crippen molar-refractivity contribution in [2.75, 3.05) is 11.4 Å². The Balaban J connectivity index is 1.68. The predicted molar refractivity (Wildman–Crippen MR) is 102 cm³/mol. The molecule has 2 aromatic rings. The number of hydrogen-bond donors (Lipinski definition) is 1. The van der Waals surface area contributed by atoms with E-state index >= 15 is 0 Å². The minimum Gasteiger partial charge on any atom is -0.350 e. The molecule has 0 aliphatic carbocycles. The van der Waals surface area contributed by atoms with Gasteiger partial charge in [-0.15, -0.1) is 0 Å². The van der Waals surface area contributed by atoms with E-state index in [1.165, 1.54) is 0 Å². The van der Waals surface area contributed by atoms with Crippen molar-refractivity contribution in [1.29, 1.82) is 0 Å². The number of carbonyl (C=O) groups is 2. The molecule has 0 radical (unpaired) electrons. The summed E-state index contributed by atoms with van der Waals surface area (Å²) >= 11 is 0. The number of nitrogens with zero attached hydrogens (tertiary/aromatic N) is 2. The lowest BCUT2D eigenvalue weighted by atomic mass is 9.96. The fourth-order valence-electron chi connectivity index (χ4n) is 3.31. The average Bonchev–Trinajstić information content (AvgIpc) is 3.08. The van der Waals surface area contributed by atoms with E-state index in [0.29, 0.717) is 19.0 Å². The molecule has 1 aromatic carbocycles. The normalized spacial score (nSPS) is 18.0. The van der Waals surface area contributed by atoms with Gasteiger partial charge in [-0.25, -0.2) is 0 Å². The van der Waals surface area contributed by atoms with Crippen molar-refractivity contribution in [1.82, 2.24) is 10.3 Å². The van der Waals surface area contributed by atoms with Gasteiger partial charge in [0.15, 0.2) is 0 Å². The number of rotatable bonds is 6. The van der Waals surface area contributed by atoms with Crippen LogP contribution in [0.2, 0.25) is 0 Å². The Kier molecular flexibility index (Phi) is 5.66. The Bertz CT molecular complexity index is 776. The predicted octanol–water partition coefficient (Wildman–Crippen LogP) is 3.26. The first kappa shape index (κ1) is 18.1. The monoisotopic (exact) mass is 351 g/mol. The van der Waals surface area contributed by atoms with Gasteiger partial charge < -0.3 is 10.2 Å². The molecule has 1 N–H and O–H groups in total. The van der Waals surface area contributed by atoms with Crippen molar-refractivity contribution in [2.24, 2.45) is 5.92 Å². The highest BCUT2D eigenvalue weighted by Gasteiger charge is 2.36. The molecule has 5 nitrogen and oxygen atoms in total. The Hall–Kier alpha value is -2.69. The van der Waals surface area contributed by atoms with E-state index in [4.69, 9.17) is 0 Å². The van der Waals surface area contributed by atoms with Gasteiger partial charge in [0.1, 0.15) is 0 Å². The van der Waals surface area contributed by atoms with Gasteiger partial charge in [0.2, 0.25) is 11.8 Å². The first-order chi connectivity index (χ1) is 12.6. The summed E-state index contributed by atoms with van der Waals surface area (Å²) < 4.78 is 0. The number of aromatic nitrogens is 1. The lowest BCUT2D eigenvalue weighted by Crippen LogP contribution is -2.33. The molecule has 3 rings (SSSR count). The first-order valence-corrected chi connectivity index (χ1v) is 9.17. The SMILES string of the molecule is CCC(C)c1ccccc1N1CC(C(=O)NCc2ccccn2)CC1=O. The molecule has 2 amide bonds. The summed E-state index contributed by atoms with van der Waals surface area (Å²) in [6.45, 7) is 5.12. The molecular weight excluding hydrogens is 326 g/mol. The third-order valence-corrected chi connectivity index (χ3v) is 5.04. The van der Waals surface area contributed by atoms with Gasteiger partial charge in [-0.3, -0.25) is 14.6 Å². The number of benzene rings is 1. The summed E-state index contributed by atoms with van der Waals surface area (Å²) in [5.41, 5.74) is 2.91. The summed E-state index contributed by atoms with van der Waals surface area (Å²) in [5, 5.41) is 2.90. The van der Waals surface area contributed by atoms with Crippen LogP contribution in [0.1, 0.15) is 43.9 Å². The molecule has 0 spiro atoms. The molecule has 0 saturated carbocycles. The second kappa shape index (κ2) is 8.13. The van der Waals surface area contributed by atoms with Crippen molar-refractivity contribution in [3.63, 3.8) is 0 Å². The highest BCUT2D eigenvalue weighted by atomic mass is 16.2. The Labute approximate surface area is 154 Å². The third kappa shape index (κ3) is 3.93. The number of nitrogens with one attached hydrogen (secondary N) is 1. The maximum absolute atomic E-state index is 12.6. The third-order valence-electron chi connectivity index (χ3n) is 5.04. The van der Waals surface area contributed by atoms with Gasteiger partial charge >= 0.3 is 0 Å². The highest BCUT2D eigenvalue weighted by molar-refractivity contribution is 6.00. The van der Waals surface area contributed by atoms with Crippen molar-refractivity contribution in [3.8, 4) is 0 Å². The minimum absolute atomic E-state index is 0.0127. The summed E-state index contributed by atoms with van der Waals surface area (Å²) in [7, 11) is 0. The lowest BCUT2D eigenvalue weighted by molar-refractivity contribution is -0.126. The largest absolute Gasteiger partial charge is 0.350 e. The molecule has 0 bridgehead atoms.